The smallest absolute Gasteiger partial charge is 0.238 e. The average Bonchev–Trinajstić information content (AvgIpc) is 2.63. The van der Waals surface area contributed by atoms with Crippen LogP contribution in [0.3, 0.4) is 0 Å². The van der Waals surface area contributed by atoms with E-state index < -0.39 is 10.0 Å². The Morgan fingerprint density at radius 2 is 2.05 bits per heavy atom. The van der Waals surface area contributed by atoms with Crippen LogP contribution in [0.25, 0.3) is 0 Å². The molecule has 1 aliphatic rings. The second-order valence-electron chi connectivity index (χ2n) is 5.70. The number of nitrogens with one attached hydrogen (secondary N) is 1. The molecule has 0 spiro atoms. The molecule has 1 aromatic rings. The SMILES string of the molecule is CCC1CCCC(Nc2cccc(S(N)(=O)=O)c2)CC1. The molecule has 112 valence electrons. The van der Waals surface area contributed by atoms with Gasteiger partial charge < -0.3 is 5.32 Å². The van der Waals surface area contributed by atoms with Crippen molar-refractivity contribution in [3.8, 4) is 0 Å². The molecule has 0 amide bonds. The molecule has 2 atom stereocenters. The van der Waals surface area contributed by atoms with Gasteiger partial charge in [-0.2, -0.15) is 0 Å². The summed E-state index contributed by atoms with van der Waals surface area (Å²) >= 11 is 0. The summed E-state index contributed by atoms with van der Waals surface area (Å²) in [6, 6.07) is 7.21. The summed E-state index contributed by atoms with van der Waals surface area (Å²) in [5.74, 6) is 0.845. The molecule has 0 saturated heterocycles. The third-order valence-electron chi connectivity index (χ3n) is 4.20. The van der Waals surface area contributed by atoms with Gasteiger partial charge in [-0.25, -0.2) is 13.6 Å². The largest absolute Gasteiger partial charge is 0.382 e. The lowest BCUT2D eigenvalue weighted by atomic mass is 9.98. The van der Waals surface area contributed by atoms with E-state index in [0.29, 0.717) is 6.04 Å². The van der Waals surface area contributed by atoms with Crippen LogP contribution in [-0.4, -0.2) is 14.5 Å². The minimum absolute atomic E-state index is 0.169. The Balaban J connectivity index is 2.03. The molecule has 1 aromatic carbocycles. The van der Waals surface area contributed by atoms with E-state index >= 15 is 0 Å². The summed E-state index contributed by atoms with van der Waals surface area (Å²) in [5.41, 5.74) is 0.844. The molecule has 5 heteroatoms. The first-order valence-corrected chi connectivity index (χ1v) is 8.93. The molecule has 2 unspecified atom stereocenters. The van der Waals surface area contributed by atoms with Crippen molar-refractivity contribution in [2.45, 2.75) is 56.4 Å². The van der Waals surface area contributed by atoms with Crippen LogP contribution in [0.4, 0.5) is 5.69 Å². The highest BCUT2D eigenvalue weighted by Gasteiger charge is 2.18. The van der Waals surface area contributed by atoms with Crippen molar-refractivity contribution in [1.82, 2.24) is 0 Å². The van der Waals surface area contributed by atoms with Crippen LogP contribution in [0, 0.1) is 5.92 Å². The van der Waals surface area contributed by atoms with Gasteiger partial charge in [-0.1, -0.05) is 32.3 Å². The lowest BCUT2D eigenvalue weighted by Gasteiger charge is -2.18. The Morgan fingerprint density at radius 3 is 2.75 bits per heavy atom. The maximum absolute atomic E-state index is 11.4. The molecule has 0 radical (unpaired) electrons. The fraction of sp³-hybridized carbons (Fsp3) is 0.600. The average molecular weight is 296 g/mol. The van der Waals surface area contributed by atoms with Crippen molar-refractivity contribution in [3.63, 3.8) is 0 Å². The van der Waals surface area contributed by atoms with Crippen LogP contribution in [0.15, 0.2) is 29.2 Å². The van der Waals surface area contributed by atoms with Crippen molar-refractivity contribution in [2.24, 2.45) is 11.1 Å². The van der Waals surface area contributed by atoms with Crippen LogP contribution in [0.1, 0.15) is 45.4 Å². The summed E-state index contributed by atoms with van der Waals surface area (Å²) in [5, 5.41) is 8.62. The summed E-state index contributed by atoms with van der Waals surface area (Å²) in [4.78, 5) is 0.169. The van der Waals surface area contributed by atoms with Crippen LogP contribution in [0.2, 0.25) is 0 Å². The third-order valence-corrected chi connectivity index (χ3v) is 5.11. The number of sulfonamides is 1. The number of nitrogens with two attached hydrogens (primary N) is 1. The Labute approximate surface area is 121 Å². The zero-order chi connectivity index (χ0) is 14.6. The topological polar surface area (TPSA) is 72.2 Å². The molecule has 4 nitrogen and oxygen atoms in total. The first-order chi connectivity index (χ1) is 9.49. The van der Waals surface area contributed by atoms with E-state index in [1.807, 2.05) is 6.07 Å². The number of hydrogen-bond acceptors (Lipinski definition) is 3. The zero-order valence-electron chi connectivity index (χ0n) is 12.0. The van der Waals surface area contributed by atoms with Gasteiger partial charge in [-0.05, 0) is 43.4 Å². The molecular formula is C15H24N2O2S. The molecule has 3 N–H and O–H groups in total. The number of anilines is 1. The van der Waals surface area contributed by atoms with Crippen molar-refractivity contribution < 1.29 is 8.42 Å². The predicted molar refractivity (Wildman–Crippen MR) is 82.1 cm³/mol. The molecule has 0 aliphatic heterocycles. The third kappa shape index (κ3) is 4.21. The van der Waals surface area contributed by atoms with Gasteiger partial charge >= 0.3 is 0 Å². The Hall–Kier alpha value is -1.07. The van der Waals surface area contributed by atoms with Crippen LogP contribution >= 0.6 is 0 Å². The number of hydrogen-bond donors (Lipinski definition) is 2. The molecule has 2 rings (SSSR count). The van der Waals surface area contributed by atoms with Gasteiger partial charge in [-0.3, -0.25) is 0 Å². The maximum Gasteiger partial charge on any atom is 0.238 e. The molecule has 0 bridgehead atoms. The summed E-state index contributed by atoms with van der Waals surface area (Å²) in [7, 11) is -3.63. The summed E-state index contributed by atoms with van der Waals surface area (Å²) in [6.45, 7) is 2.26. The van der Waals surface area contributed by atoms with E-state index in [4.69, 9.17) is 5.14 Å². The van der Waals surface area contributed by atoms with Crippen LogP contribution < -0.4 is 10.5 Å². The van der Waals surface area contributed by atoms with E-state index in [1.165, 1.54) is 31.7 Å². The fourth-order valence-corrected chi connectivity index (χ4v) is 3.49. The van der Waals surface area contributed by atoms with E-state index in [1.54, 1.807) is 12.1 Å². The molecule has 0 aromatic heterocycles. The standard InChI is InChI=1S/C15H24N2O2S/c1-2-12-5-3-6-13(10-9-12)17-14-7-4-8-15(11-14)20(16,18)19/h4,7-8,11-13,17H,2-3,5-6,9-10H2,1H3,(H2,16,18,19). The van der Waals surface area contributed by atoms with Gasteiger partial charge in [0.25, 0.3) is 0 Å². The van der Waals surface area contributed by atoms with Gasteiger partial charge in [0.1, 0.15) is 0 Å². The van der Waals surface area contributed by atoms with E-state index in [9.17, 15) is 8.42 Å². The highest BCUT2D eigenvalue weighted by Crippen LogP contribution is 2.27. The molecule has 20 heavy (non-hydrogen) atoms. The Bertz CT molecular complexity index is 543. The quantitative estimate of drug-likeness (QED) is 0.839. The molecule has 0 heterocycles. The van der Waals surface area contributed by atoms with Gasteiger partial charge in [0.2, 0.25) is 10.0 Å². The Kier molecular flexibility index (Phi) is 5.05. The minimum atomic E-state index is -3.63. The van der Waals surface area contributed by atoms with Gasteiger partial charge in [0.05, 0.1) is 4.90 Å². The highest BCUT2D eigenvalue weighted by atomic mass is 32.2. The molecule has 1 fully saturated rings. The van der Waals surface area contributed by atoms with Crippen LogP contribution in [0.5, 0.6) is 0 Å². The minimum Gasteiger partial charge on any atom is -0.382 e. The summed E-state index contributed by atoms with van der Waals surface area (Å²) in [6.07, 6.45) is 7.36. The first kappa shape index (κ1) is 15.3. The van der Waals surface area contributed by atoms with Crippen molar-refractivity contribution in [1.29, 1.82) is 0 Å². The van der Waals surface area contributed by atoms with E-state index in [2.05, 4.69) is 12.2 Å². The highest BCUT2D eigenvalue weighted by molar-refractivity contribution is 7.89. The Morgan fingerprint density at radius 1 is 1.25 bits per heavy atom. The lowest BCUT2D eigenvalue weighted by Crippen LogP contribution is -2.19. The van der Waals surface area contributed by atoms with Crippen LogP contribution in [-0.2, 0) is 10.0 Å². The molecule has 1 aliphatic carbocycles. The predicted octanol–water partition coefficient (Wildman–Crippen LogP) is 3.10. The normalized spacial score (nSPS) is 24.1. The summed E-state index contributed by atoms with van der Waals surface area (Å²) < 4.78 is 22.7. The fourth-order valence-electron chi connectivity index (χ4n) is 2.93. The van der Waals surface area contributed by atoms with Gasteiger partial charge in [0.15, 0.2) is 0 Å². The van der Waals surface area contributed by atoms with Gasteiger partial charge in [-0.15, -0.1) is 0 Å². The van der Waals surface area contributed by atoms with Crippen molar-refractivity contribution in [3.05, 3.63) is 24.3 Å². The monoisotopic (exact) mass is 296 g/mol. The maximum atomic E-state index is 11.4. The van der Waals surface area contributed by atoms with Gasteiger partial charge in [0, 0.05) is 11.7 Å². The number of rotatable bonds is 4. The lowest BCUT2D eigenvalue weighted by molar-refractivity contribution is 0.444. The first-order valence-electron chi connectivity index (χ1n) is 7.38. The number of primary sulfonamides is 1. The van der Waals surface area contributed by atoms with Crippen molar-refractivity contribution >= 4 is 15.7 Å². The van der Waals surface area contributed by atoms with Crippen molar-refractivity contribution in [2.75, 3.05) is 5.32 Å². The second kappa shape index (κ2) is 6.59. The number of benzene rings is 1. The molecule has 1 saturated carbocycles. The second-order valence-corrected chi connectivity index (χ2v) is 7.26. The van der Waals surface area contributed by atoms with E-state index in [0.717, 1.165) is 24.4 Å². The zero-order valence-corrected chi connectivity index (χ0v) is 12.8. The molecular weight excluding hydrogens is 272 g/mol. The van der Waals surface area contributed by atoms with E-state index in [-0.39, 0.29) is 4.90 Å².